The summed E-state index contributed by atoms with van der Waals surface area (Å²) in [5.41, 5.74) is 0.114. The molecule has 6 nitrogen and oxygen atoms in total. The van der Waals surface area contributed by atoms with E-state index in [1.54, 1.807) is 11.2 Å². The molecule has 0 saturated heterocycles. The Morgan fingerprint density at radius 3 is 3.06 bits per heavy atom. The molecule has 0 bridgehead atoms. The van der Waals surface area contributed by atoms with Crippen molar-refractivity contribution in [3.8, 4) is 0 Å². The molecule has 1 amide bonds. The van der Waals surface area contributed by atoms with Gasteiger partial charge < -0.3 is 9.47 Å². The van der Waals surface area contributed by atoms with E-state index in [-0.39, 0.29) is 11.6 Å². The number of hydrogen-bond acceptors (Lipinski definition) is 4. The van der Waals surface area contributed by atoms with Gasteiger partial charge in [0.15, 0.2) is 5.82 Å². The Bertz CT molecular complexity index is 597. The lowest BCUT2D eigenvalue weighted by molar-refractivity contribution is 0.0700. The van der Waals surface area contributed by atoms with Crippen LogP contribution in [0.5, 0.6) is 0 Å². The van der Waals surface area contributed by atoms with Crippen molar-refractivity contribution >= 4 is 5.91 Å². The molecule has 0 fully saturated rings. The Balaban J connectivity index is 1.83. The second-order valence-corrected chi connectivity index (χ2v) is 4.01. The van der Waals surface area contributed by atoms with E-state index in [1.807, 2.05) is 4.57 Å². The first-order valence-corrected chi connectivity index (χ1v) is 5.52. The zero-order valence-corrected chi connectivity index (χ0v) is 9.45. The van der Waals surface area contributed by atoms with E-state index in [1.165, 1.54) is 18.2 Å². The molecule has 0 saturated carbocycles. The molecule has 0 aliphatic carbocycles. The maximum absolute atomic E-state index is 13.0. The van der Waals surface area contributed by atoms with E-state index in [0.29, 0.717) is 19.6 Å². The van der Waals surface area contributed by atoms with Crippen molar-refractivity contribution < 1.29 is 9.18 Å². The van der Waals surface area contributed by atoms with Crippen LogP contribution in [-0.4, -0.2) is 37.1 Å². The predicted molar refractivity (Wildman–Crippen MR) is 59.0 cm³/mol. The fraction of sp³-hybridized carbons (Fsp3) is 0.273. The molecule has 2 aromatic heterocycles. The number of amides is 1. The Labute approximate surface area is 102 Å². The Morgan fingerprint density at radius 2 is 2.22 bits per heavy atom. The number of aromatic nitrogens is 4. The largest absolute Gasteiger partial charge is 0.328 e. The monoisotopic (exact) mass is 247 g/mol. The number of halogens is 1. The standard InChI is InChI=1S/C11H10FN5O/c12-9-3-1-2-8(14-9)11(18)16-4-5-17-7-13-15-10(17)6-16/h1-3,7H,4-6H2. The lowest BCUT2D eigenvalue weighted by Crippen LogP contribution is -2.38. The lowest BCUT2D eigenvalue weighted by atomic mass is 10.2. The van der Waals surface area contributed by atoms with Crippen LogP contribution in [0.3, 0.4) is 0 Å². The van der Waals surface area contributed by atoms with E-state index in [0.717, 1.165) is 5.82 Å². The molecule has 1 aliphatic heterocycles. The molecule has 3 rings (SSSR count). The van der Waals surface area contributed by atoms with Crippen LogP contribution in [0.15, 0.2) is 24.5 Å². The highest BCUT2D eigenvalue weighted by Crippen LogP contribution is 2.12. The van der Waals surface area contributed by atoms with Gasteiger partial charge in [-0.2, -0.15) is 4.39 Å². The third-order valence-electron chi connectivity index (χ3n) is 2.86. The summed E-state index contributed by atoms with van der Waals surface area (Å²) in [6.07, 6.45) is 1.64. The summed E-state index contributed by atoms with van der Waals surface area (Å²) < 4.78 is 14.9. The molecule has 0 N–H and O–H groups in total. The van der Waals surface area contributed by atoms with Gasteiger partial charge in [0.05, 0.1) is 6.54 Å². The quantitative estimate of drug-likeness (QED) is 0.687. The molecule has 0 aromatic carbocycles. The van der Waals surface area contributed by atoms with Crippen molar-refractivity contribution in [3.63, 3.8) is 0 Å². The van der Waals surface area contributed by atoms with Crippen molar-refractivity contribution in [3.05, 3.63) is 42.0 Å². The Kier molecular flexibility index (Phi) is 2.51. The van der Waals surface area contributed by atoms with Crippen molar-refractivity contribution in [2.24, 2.45) is 0 Å². The highest BCUT2D eigenvalue weighted by Gasteiger charge is 2.23. The zero-order valence-electron chi connectivity index (χ0n) is 9.45. The fourth-order valence-corrected chi connectivity index (χ4v) is 1.93. The van der Waals surface area contributed by atoms with E-state index < -0.39 is 5.95 Å². The number of carbonyl (C=O) groups excluding carboxylic acids is 1. The number of nitrogens with zero attached hydrogens (tertiary/aromatic N) is 5. The van der Waals surface area contributed by atoms with Gasteiger partial charge in [-0.3, -0.25) is 4.79 Å². The Morgan fingerprint density at radius 1 is 1.33 bits per heavy atom. The molecule has 1 aliphatic rings. The van der Waals surface area contributed by atoms with Gasteiger partial charge in [-0.25, -0.2) is 4.98 Å². The zero-order chi connectivity index (χ0) is 12.5. The summed E-state index contributed by atoms with van der Waals surface area (Å²) in [5, 5.41) is 7.71. The molecular formula is C11H10FN5O. The third kappa shape index (κ3) is 1.83. The number of hydrogen-bond donors (Lipinski definition) is 0. The van der Waals surface area contributed by atoms with Gasteiger partial charge in [0.1, 0.15) is 12.0 Å². The first-order chi connectivity index (χ1) is 8.74. The van der Waals surface area contributed by atoms with E-state index >= 15 is 0 Å². The van der Waals surface area contributed by atoms with Gasteiger partial charge in [-0.15, -0.1) is 10.2 Å². The van der Waals surface area contributed by atoms with Crippen LogP contribution < -0.4 is 0 Å². The summed E-state index contributed by atoms with van der Waals surface area (Å²) in [6.45, 7) is 1.56. The van der Waals surface area contributed by atoms with Gasteiger partial charge in [-0.05, 0) is 12.1 Å². The van der Waals surface area contributed by atoms with Crippen LogP contribution in [-0.2, 0) is 13.1 Å². The van der Waals surface area contributed by atoms with Gasteiger partial charge >= 0.3 is 0 Å². The van der Waals surface area contributed by atoms with Crippen LogP contribution in [0.25, 0.3) is 0 Å². The van der Waals surface area contributed by atoms with Crippen molar-refractivity contribution in [2.45, 2.75) is 13.1 Å². The van der Waals surface area contributed by atoms with Crippen LogP contribution in [0, 0.1) is 5.95 Å². The topological polar surface area (TPSA) is 63.9 Å². The summed E-state index contributed by atoms with van der Waals surface area (Å²) >= 11 is 0. The van der Waals surface area contributed by atoms with Crippen molar-refractivity contribution in [1.29, 1.82) is 0 Å². The molecule has 0 radical (unpaired) electrons. The molecule has 92 valence electrons. The van der Waals surface area contributed by atoms with Gasteiger partial charge in [0.2, 0.25) is 5.95 Å². The minimum absolute atomic E-state index is 0.114. The van der Waals surface area contributed by atoms with Gasteiger partial charge in [0.25, 0.3) is 5.91 Å². The lowest BCUT2D eigenvalue weighted by Gasteiger charge is -2.26. The maximum atomic E-state index is 13.0. The minimum Gasteiger partial charge on any atom is -0.328 e. The molecule has 0 spiro atoms. The SMILES string of the molecule is O=C(c1cccc(F)n1)N1CCn2cnnc2C1. The van der Waals surface area contributed by atoms with Crippen LogP contribution in [0.2, 0.25) is 0 Å². The summed E-state index contributed by atoms with van der Waals surface area (Å²) in [4.78, 5) is 17.3. The van der Waals surface area contributed by atoms with Crippen molar-refractivity contribution in [2.75, 3.05) is 6.54 Å². The molecule has 7 heteroatoms. The molecule has 18 heavy (non-hydrogen) atoms. The van der Waals surface area contributed by atoms with Gasteiger partial charge in [-0.1, -0.05) is 6.07 Å². The first-order valence-electron chi connectivity index (χ1n) is 5.52. The van der Waals surface area contributed by atoms with E-state index in [4.69, 9.17) is 0 Å². The molecule has 3 heterocycles. The number of fused-ring (bicyclic) bond motifs is 1. The highest BCUT2D eigenvalue weighted by molar-refractivity contribution is 5.92. The van der Waals surface area contributed by atoms with Crippen molar-refractivity contribution in [1.82, 2.24) is 24.6 Å². The maximum Gasteiger partial charge on any atom is 0.273 e. The second kappa shape index (κ2) is 4.17. The first kappa shape index (κ1) is 10.8. The minimum atomic E-state index is -0.652. The highest BCUT2D eigenvalue weighted by atomic mass is 19.1. The average molecular weight is 247 g/mol. The number of rotatable bonds is 1. The molecule has 0 atom stereocenters. The predicted octanol–water partition coefficient (Wildman–Crippen LogP) is 0.468. The summed E-state index contributed by atoms with van der Waals surface area (Å²) in [5.74, 6) is -0.212. The van der Waals surface area contributed by atoms with Crippen LogP contribution in [0.1, 0.15) is 16.3 Å². The summed E-state index contributed by atoms with van der Waals surface area (Å²) in [7, 11) is 0. The third-order valence-corrected chi connectivity index (χ3v) is 2.86. The number of carbonyl (C=O) groups is 1. The number of pyridine rings is 1. The van der Waals surface area contributed by atoms with E-state index in [2.05, 4.69) is 15.2 Å². The van der Waals surface area contributed by atoms with Crippen LogP contribution >= 0.6 is 0 Å². The van der Waals surface area contributed by atoms with Gasteiger partial charge in [0, 0.05) is 13.1 Å². The van der Waals surface area contributed by atoms with E-state index in [9.17, 15) is 9.18 Å². The normalized spacial score (nSPS) is 14.4. The molecular weight excluding hydrogens is 237 g/mol. The molecule has 2 aromatic rings. The molecule has 0 unspecified atom stereocenters. The second-order valence-electron chi connectivity index (χ2n) is 4.01. The smallest absolute Gasteiger partial charge is 0.273 e. The van der Waals surface area contributed by atoms with Crippen LogP contribution in [0.4, 0.5) is 4.39 Å². The Hall–Kier alpha value is -2.31. The average Bonchev–Trinajstić information content (AvgIpc) is 2.85. The fourth-order valence-electron chi connectivity index (χ4n) is 1.93. The summed E-state index contributed by atoms with van der Waals surface area (Å²) in [6, 6.07) is 4.19.